The van der Waals surface area contributed by atoms with Gasteiger partial charge in [-0.3, -0.25) is 9.59 Å². The minimum atomic E-state index is -0.489. The van der Waals surface area contributed by atoms with Gasteiger partial charge >= 0.3 is 11.9 Å². The summed E-state index contributed by atoms with van der Waals surface area (Å²) < 4.78 is 11.2. The van der Waals surface area contributed by atoms with Crippen LogP contribution in [0.15, 0.2) is 34.9 Å². The third-order valence-electron chi connectivity index (χ3n) is 5.09. The van der Waals surface area contributed by atoms with Crippen molar-refractivity contribution in [2.24, 2.45) is 11.8 Å². The maximum Gasteiger partial charge on any atom is 0.334 e. The molecule has 5 heteroatoms. The molecular formula is C22H30O5. The molecule has 0 saturated heterocycles. The summed E-state index contributed by atoms with van der Waals surface area (Å²) in [6.45, 7) is 9.39. The molecule has 0 aromatic rings. The standard InChI is InChI=1S/C22H30O5/c1-13(2)21-19(26-16(5)23)10-15(4)8-6-7-14(3)9-18(24)11-17-12-20(21)27-22(17)25/h7-8,12-13,19-21H,6,9-11H2,1-5H3/t19-,20-,21-/m1/s1. The molecule has 0 amide bonds. The first-order valence-electron chi connectivity index (χ1n) is 9.59. The minimum absolute atomic E-state index is 0.00277. The zero-order chi connectivity index (χ0) is 20.1. The van der Waals surface area contributed by atoms with Gasteiger partial charge in [-0.05, 0) is 32.3 Å². The minimum Gasteiger partial charge on any atom is -0.462 e. The average Bonchev–Trinajstić information content (AvgIpc) is 2.85. The van der Waals surface area contributed by atoms with Crippen LogP contribution >= 0.6 is 0 Å². The van der Waals surface area contributed by atoms with E-state index in [1.807, 2.05) is 33.8 Å². The van der Waals surface area contributed by atoms with E-state index in [-0.39, 0.29) is 30.0 Å². The quantitative estimate of drug-likeness (QED) is 0.538. The summed E-state index contributed by atoms with van der Waals surface area (Å²) in [4.78, 5) is 36.3. The lowest BCUT2D eigenvalue weighted by molar-refractivity contribution is -0.156. The number of allylic oxidation sites excluding steroid dienone is 3. The van der Waals surface area contributed by atoms with E-state index in [1.54, 1.807) is 6.08 Å². The fraction of sp³-hybridized carbons (Fsp3) is 0.591. The predicted molar refractivity (Wildman–Crippen MR) is 103 cm³/mol. The molecule has 0 aromatic carbocycles. The van der Waals surface area contributed by atoms with Crippen LogP contribution in [-0.4, -0.2) is 29.9 Å². The van der Waals surface area contributed by atoms with Crippen LogP contribution in [-0.2, 0) is 23.9 Å². The molecule has 1 aliphatic carbocycles. The van der Waals surface area contributed by atoms with E-state index in [1.165, 1.54) is 6.92 Å². The van der Waals surface area contributed by atoms with Crippen LogP contribution in [0.25, 0.3) is 0 Å². The van der Waals surface area contributed by atoms with Crippen molar-refractivity contribution in [3.05, 3.63) is 34.9 Å². The predicted octanol–water partition coefficient (Wildman–Crippen LogP) is 4.08. The summed E-state index contributed by atoms with van der Waals surface area (Å²) in [5.74, 6) is -0.832. The highest BCUT2D eigenvalue weighted by molar-refractivity contribution is 5.98. The Kier molecular flexibility index (Phi) is 7.17. The number of esters is 2. The molecule has 0 spiro atoms. The number of carbonyl (C=O) groups is 3. The Balaban J connectivity index is 2.43. The normalized spacial score (nSPS) is 27.3. The number of carbonyl (C=O) groups excluding carboxylic acids is 3. The van der Waals surface area contributed by atoms with Crippen molar-refractivity contribution in [3.63, 3.8) is 0 Å². The molecule has 1 aliphatic heterocycles. The molecule has 27 heavy (non-hydrogen) atoms. The Labute approximate surface area is 161 Å². The van der Waals surface area contributed by atoms with E-state index >= 15 is 0 Å². The highest BCUT2D eigenvalue weighted by Gasteiger charge is 2.40. The number of hydrogen-bond acceptors (Lipinski definition) is 5. The molecule has 0 unspecified atom stereocenters. The summed E-state index contributed by atoms with van der Waals surface area (Å²) in [6, 6.07) is 0. The number of rotatable bonds is 2. The van der Waals surface area contributed by atoms with Gasteiger partial charge in [0.25, 0.3) is 0 Å². The van der Waals surface area contributed by atoms with Crippen LogP contribution in [0.3, 0.4) is 0 Å². The Morgan fingerprint density at radius 3 is 2.44 bits per heavy atom. The van der Waals surface area contributed by atoms with Gasteiger partial charge < -0.3 is 9.47 Å². The van der Waals surface area contributed by atoms with Gasteiger partial charge in [-0.25, -0.2) is 4.79 Å². The molecule has 5 nitrogen and oxygen atoms in total. The third kappa shape index (κ3) is 5.91. The molecule has 0 fully saturated rings. The SMILES string of the molecule is CC(=O)O[C@@H]1CC(C)=CCC=C(C)CC(=O)CC2=C[C@@H](OC2=O)[C@@H]1C(C)C. The monoisotopic (exact) mass is 374 g/mol. The molecule has 0 aromatic heterocycles. The first-order valence-corrected chi connectivity index (χ1v) is 9.59. The van der Waals surface area contributed by atoms with Crippen LogP contribution in [0.1, 0.15) is 60.3 Å². The van der Waals surface area contributed by atoms with Crippen molar-refractivity contribution in [1.29, 1.82) is 0 Å². The zero-order valence-corrected chi connectivity index (χ0v) is 16.9. The molecule has 0 saturated carbocycles. The van der Waals surface area contributed by atoms with Crippen LogP contribution in [0.5, 0.6) is 0 Å². The van der Waals surface area contributed by atoms with Crippen molar-refractivity contribution >= 4 is 17.7 Å². The summed E-state index contributed by atoms with van der Waals surface area (Å²) in [5.41, 5.74) is 2.50. The fourth-order valence-corrected chi connectivity index (χ4v) is 3.83. The number of ketones is 1. The second kappa shape index (κ2) is 9.16. The lowest BCUT2D eigenvalue weighted by atomic mass is 9.82. The molecular weight excluding hydrogens is 344 g/mol. The second-order valence-corrected chi connectivity index (χ2v) is 7.96. The van der Waals surface area contributed by atoms with Gasteiger partial charge in [0.15, 0.2) is 0 Å². The van der Waals surface area contributed by atoms with Crippen molar-refractivity contribution in [2.75, 3.05) is 0 Å². The molecule has 2 bridgehead atoms. The Hall–Kier alpha value is -2.17. The molecule has 148 valence electrons. The van der Waals surface area contributed by atoms with Gasteiger partial charge in [-0.15, -0.1) is 0 Å². The van der Waals surface area contributed by atoms with Crippen molar-refractivity contribution in [3.8, 4) is 0 Å². The van der Waals surface area contributed by atoms with E-state index in [0.717, 1.165) is 17.6 Å². The van der Waals surface area contributed by atoms with Crippen LogP contribution < -0.4 is 0 Å². The first-order chi connectivity index (χ1) is 12.7. The number of Topliss-reactive ketones (excluding diaryl/α,β-unsaturated/α-hetero) is 1. The third-order valence-corrected chi connectivity index (χ3v) is 5.09. The number of ether oxygens (including phenoxy) is 2. The summed E-state index contributed by atoms with van der Waals surface area (Å²) in [6.07, 6.45) is 6.73. The van der Waals surface area contributed by atoms with E-state index < -0.39 is 18.2 Å². The lowest BCUT2D eigenvalue weighted by Crippen LogP contribution is -2.38. The van der Waals surface area contributed by atoms with Gasteiger partial charge in [-0.2, -0.15) is 0 Å². The maximum absolute atomic E-state index is 12.3. The van der Waals surface area contributed by atoms with Gasteiger partial charge in [0.05, 0.1) is 0 Å². The molecule has 0 N–H and O–H groups in total. The van der Waals surface area contributed by atoms with E-state index in [2.05, 4.69) is 6.08 Å². The van der Waals surface area contributed by atoms with Gasteiger partial charge in [0, 0.05) is 37.7 Å². The van der Waals surface area contributed by atoms with Gasteiger partial charge in [0.1, 0.15) is 18.0 Å². The Morgan fingerprint density at radius 1 is 1.15 bits per heavy atom. The largest absolute Gasteiger partial charge is 0.462 e. The van der Waals surface area contributed by atoms with Crippen molar-refractivity contribution < 1.29 is 23.9 Å². The fourth-order valence-electron chi connectivity index (χ4n) is 3.83. The van der Waals surface area contributed by atoms with Gasteiger partial charge in [0.2, 0.25) is 0 Å². The van der Waals surface area contributed by atoms with Crippen molar-refractivity contribution in [2.45, 2.75) is 72.5 Å². The van der Waals surface area contributed by atoms with Crippen LogP contribution in [0.4, 0.5) is 0 Å². The topological polar surface area (TPSA) is 69.7 Å². The number of fused-ring (bicyclic) bond motifs is 1. The molecule has 0 radical (unpaired) electrons. The van der Waals surface area contributed by atoms with Gasteiger partial charge in [-0.1, -0.05) is 37.1 Å². The average molecular weight is 374 g/mol. The Morgan fingerprint density at radius 2 is 1.81 bits per heavy atom. The van der Waals surface area contributed by atoms with E-state index in [9.17, 15) is 14.4 Å². The highest BCUT2D eigenvalue weighted by atomic mass is 16.6. The van der Waals surface area contributed by atoms with Crippen molar-refractivity contribution in [1.82, 2.24) is 0 Å². The summed E-state index contributed by atoms with van der Waals surface area (Å²) in [5, 5.41) is 0. The molecule has 2 rings (SSSR count). The second-order valence-electron chi connectivity index (χ2n) is 7.96. The zero-order valence-electron chi connectivity index (χ0n) is 16.9. The van der Waals surface area contributed by atoms with Crippen LogP contribution in [0.2, 0.25) is 0 Å². The van der Waals surface area contributed by atoms with E-state index in [4.69, 9.17) is 9.47 Å². The molecule has 3 atom stereocenters. The van der Waals surface area contributed by atoms with E-state index in [0.29, 0.717) is 18.4 Å². The number of hydrogen-bond donors (Lipinski definition) is 0. The Bertz CT molecular complexity index is 695. The first kappa shape index (κ1) is 21.1. The molecule has 2 aliphatic rings. The smallest absolute Gasteiger partial charge is 0.334 e. The highest BCUT2D eigenvalue weighted by Crippen LogP contribution is 2.34. The molecule has 1 heterocycles. The summed E-state index contributed by atoms with van der Waals surface area (Å²) in [7, 11) is 0. The summed E-state index contributed by atoms with van der Waals surface area (Å²) >= 11 is 0. The maximum atomic E-state index is 12.3. The van der Waals surface area contributed by atoms with Crippen LogP contribution in [0, 0.1) is 11.8 Å². The lowest BCUT2D eigenvalue weighted by Gasteiger charge is -2.33.